The number of aliphatic hydroxyl groups excluding tert-OH is 1. The SMILES string of the molecule is COc1ccc(CNCC(O)CNC(=O)O)cc1. The van der Waals surface area contributed by atoms with Gasteiger partial charge in [-0.3, -0.25) is 0 Å². The van der Waals surface area contributed by atoms with Gasteiger partial charge in [0.05, 0.1) is 13.2 Å². The molecule has 0 aliphatic carbocycles. The summed E-state index contributed by atoms with van der Waals surface area (Å²) in [5.74, 6) is 0.796. The van der Waals surface area contributed by atoms with Crippen molar-refractivity contribution < 1.29 is 19.7 Å². The fraction of sp³-hybridized carbons (Fsp3) is 0.417. The van der Waals surface area contributed by atoms with Crippen LogP contribution in [0.25, 0.3) is 0 Å². The lowest BCUT2D eigenvalue weighted by Crippen LogP contribution is -2.37. The van der Waals surface area contributed by atoms with Gasteiger partial charge in [0, 0.05) is 19.6 Å². The molecule has 0 fully saturated rings. The fourth-order valence-electron chi connectivity index (χ4n) is 1.40. The first kappa shape index (κ1) is 14.3. The molecule has 1 aromatic rings. The minimum Gasteiger partial charge on any atom is -0.497 e. The first-order chi connectivity index (χ1) is 8.61. The van der Waals surface area contributed by atoms with Gasteiger partial charge in [0.1, 0.15) is 5.75 Å². The third-order valence-electron chi connectivity index (χ3n) is 2.36. The molecule has 1 rings (SSSR count). The molecule has 6 heteroatoms. The molecule has 4 N–H and O–H groups in total. The minimum atomic E-state index is -1.13. The predicted octanol–water partition coefficient (Wildman–Crippen LogP) is 0.413. The van der Waals surface area contributed by atoms with Crippen molar-refractivity contribution >= 4 is 6.09 Å². The highest BCUT2D eigenvalue weighted by Crippen LogP contribution is 2.10. The zero-order valence-corrected chi connectivity index (χ0v) is 10.2. The Balaban J connectivity index is 2.22. The molecule has 18 heavy (non-hydrogen) atoms. The zero-order valence-electron chi connectivity index (χ0n) is 10.2. The highest BCUT2D eigenvalue weighted by atomic mass is 16.5. The molecule has 0 bridgehead atoms. The molecule has 1 atom stereocenters. The summed E-state index contributed by atoms with van der Waals surface area (Å²) in [7, 11) is 1.61. The average molecular weight is 254 g/mol. The molecular weight excluding hydrogens is 236 g/mol. The van der Waals surface area contributed by atoms with Gasteiger partial charge >= 0.3 is 6.09 Å². The molecule has 1 unspecified atom stereocenters. The second-order valence-corrected chi connectivity index (χ2v) is 3.82. The van der Waals surface area contributed by atoms with E-state index in [9.17, 15) is 9.90 Å². The summed E-state index contributed by atoms with van der Waals surface area (Å²) < 4.78 is 5.04. The number of carbonyl (C=O) groups is 1. The molecule has 1 aromatic carbocycles. The topological polar surface area (TPSA) is 90.8 Å². The van der Waals surface area contributed by atoms with Crippen LogP contribution in [-0.4, -0.2) is 42.6 Å². The fourth-order valence-corrected chi connectivity index (χ4v) is 1.40. The van der Waals surface area contributed by atoms with Crippen LogP contribution < -0.4 is 15.4 Å². The molecule has 1 amide bonds. The van der Waals surface area contributed by atoms with E-state index in [-0.39, 0.29) is 6.54 Å². The number of aliphatic hydroxyl groups is 1. The van der Waals surface area contributed by atoms with Crippen LogP contribution >= 0.6 is 0 Å². The van der Waals surface area contributed by atoms with Gasteiger partial charge in [-0.2, -0.15) is 0 Å². The van der Waals surface area contributed by atoms with Crippen molar-refractivity contribution in [3.63, 3.8) is 0 Å². The summed E-state index contributed by atoms with van der Waals surface area (Å²) in [4.78, 5) is 10.2. The van der Waals surface area contributed by atoms with Crippen molar-refractivity contribution in [3.05, 3.63) is 29.8 Å². The van der Waals surface area contributed by atoms with Crippen LogP contribution in [0.5, 0.6) is 5.75 Å². The van der Waals surface area contributed by atoms with E-state index >= 15 is 0 Å². The minimum absolute atomic E-state index is 0.0188. The number of hydrogen-bond acceptors (Lipinski definition) is 4. The first-order valence-electron chi connectivity index (χ1n) is 5.60. The van der Waals surface area contributed by atoms with Crippen LogP contribution in [-0.2, 0) is 6.54 Å². The Kier molecular flexibility index (Phi) is 5.96. The quantitative estimate of drug-likeness (QED) is 0.566. The van der Waals surface area contributed by atoms with Gasteiger partial charge in [0.15, 0.2) is 0 Å². The van der Waals surface area contributed by atoms with E-state index in [1.165, 1.54) is 0 Å². The Morgan fingerprint density at radius 2 is 2.00 bits per heavy atom. The summed E-state index contributed by atoms with van der Waals surface area (Å²) in [6.07, 6.45) is -1.87. The Hall–Kier alpha value is -1.79. The van der Waals surface area contributed by atoms with Crippen LogP contribution in [0.2, 0.25) is 0 Å². The number of ether oxygens (including phenoxy) is 1. The molecule has 100 valence electrons. The Bertz CT molecular complexity index is 367. The summed E-state index contributed by atoms with van der Waals surface area (Å²) in [5, 5.41) is 23.0. The van der Waals surface area contributed by atoms with E-state index in [2.05, 4.69) is 10.6 Å². The lowest BCUT2D eigenvalue weighted by molar-refractivity contribution is 0.155. The van der Waals surface area contributed by atoms with E-state index in [1.807, 2.05) is 24.3 Å². The normalized spacial score (nSPS) is 11.9. The Morgan fingerprint density at radius 1 is 1.33 bits per heavy atom. The lowest BCUT2D eigenvalue weighted by Gasteiger charge is -2.11. The molecular formula is C12H18N2O4. The maximum Gasteiger partial charge on any atom is 0.404 e. The van der Waals surface area contributed by atoms with Crippen molar-refractivity contribution in [2.24, 2.45) is 0 Å². The van der Waals surface area contributed by atoms with Gasteiger partial charge in [-0.25, -0.2) is 4.79 Å². The van der Waals surface area contributed by atoms with Crippen molar-refractivity contribution in [2.45, 2.75) is 12.6 Å². The van der Waals surface area contributed by atoms with Gasteiger partial charge < -0.3 is 25.6 Å². The monoisotopic (exact) mass is 254 g/mol. The standard InChI is InChI=1S/C12H18N2O4/c1-18-11-4-2-9(3-5-11)6-13-7-10(15)8-14-12(16)17/h2-5,10,13-15H,6-8H2,1H3,(H,16,17). The lowest BCUT2D eigenvalue weighted by atomic mass is 10.2. The second-order valence-electron chi connectivity index (χ2n) is 3.82. The number of hydrogen-bond donors (Lipinski definition) is 4. The number of methoxy groups -OCH3 is 1. The first-order valence-corrected chi connectivity index (χ1v) is 5.60. The van der Waals surface area contributed by atoms with Crippen LogP contribution in [0.3, 0.4) is 0 Å². The molecule has 6 nitrogen and oxygen atoms in total. The second kappa shape index (κ2) is 7.52. The Morgan fingerprint density at radius 3 is 2.56 bits per heavy atom. The van der Waals surface area contributed by atoms with Crippen LogP contribution in [0.4, 0.5) is 4.79 Å². The highest BCUT2D eigenvalue weighted by Gasteiger charge is 2.05. The maximum atomic E-state index is 10.2. The number of carboxylic acid groups (broad SMARTS) is 1. The molecule has 0 saturated heterocycles. The molecule has 0 radical (unpaired) electrons. The van der Waals surface area contributed by atoms with Crippen LogP contribution in [0.15, 0.2) is 24.3 Å². The molecule has 0 aliphatic rings. The van der Waals surface area contributed by atoms with E-state index < -0.39 is 12.2 Å². The molecule has 0 aliphatic heterocycles. The predicted molar refractivity (Wildman–Crippen MR) is 66.7 cm³/mol. The molecule has 0 saturated carbocycles. The summed E-state index contributed by atoms with van der Waals surface area (Å²) in [6.45, 7) is 0.950. The van der Waals surface area contributed by atoms with Crippen molar-refractivity contribution in [3.8, 4) is 5.75 Å². The van der Waals surface area contributed by atoms with Crippen molar-refractivity contribution in [2.75, 3.05) is 20.2 Å². The van der Waals surface area contributed by atoms with Crippen LogP contribution in [0, 0.1) is 0 Å². The van der Waals surface area contributed by atoms with Gasteiger partial charge in [-0.15, -0.1) is 0 Å². The van der Waals surface area contributed by atoms with E-state index in [0.29, 0.717) is 13.1 Å². The van der Waals surface area contributed by atoms with Crippen molar-refractivity contribution in [1.82, 2.24) is 10.6 Å². The number of nitrogens with one attached hydrogen (secondary N) is 2. The van der Waals surface area contributed by atoms with E-state index in [4.69, 9.17) is 9.84 Å². The molecule has 0 spiro atoms. The number of rotatable bonds is 7. The van der Waals surface area contributed by atoms with Gasteiger partial charge in [-0.05, 0) is 17.7 Å². The maximum absolute atomic E-state index is 10.2. The third-order valence-corrected chi connectivity index (χ3v) is 2.36. The van der Waals surface area contributed by atoms with E-state index in [0.717, 1.165) is 11.3 Å². The number of amides is 1. The average Bonchev–Trinajstić information content (AvgIpc) is 2.37. The highest BCUT2D eigenvalue weighted by molar-refractivity contribution is 5.64. The largest absolute Gasteiger partial charge is 0.497 e. The summed E-state index contributed by atoms with van der Waals surface area (Å²) in [5.41, 5.74) is 1.06. The van der Waals surface area contributed by atoms with Gasteiger partial charge in [0.25, 0.3) is 0 Å². The third kappa shape index (κ3) is 5.51. The zero-order chi connectivity index (χ0) is 13.4. The van der Waals surface area contributed by atoms with Crippen LogP contribution in [0.1, 0.15) is 5.56 Å². The smallest absolute Gasteiger partial charge is 0.404 e. The van der Waals surface area contributed by atoms with Gasteiger partial charge in [-0.1, -0.05) is 12.1 Å². The molecule has 0 heterocycles. The summed E-state index contributed by atoms with van der Waals surface area (Å²) in [6, 6.07) is 7.57. The Labute approximate surface area is 106 Å². The number of benzene rings is 1. The summed E-state index contributed by atoms with van der Waals surface area (Å²) >= 11 is 0. The van der Waals surface area contributed by atoms with E-state index in [1.54, 1.807) is 7.11 Å². The van der Waals surface area contributed by atoms with Crippen molar-refractivity contribution in [1.29, 1.82) is 0 Å². The molecule has 0 aromatic heterocycles. The van der Waals surface area contributed by atoms with Gasteiger partial charge in [0.2, 0.25) is 0 Å².